The number of nitrogens with zero attached hydrogens (tertiary/aromatic N) is 5. The number of rotatable bonds is 7. The molecule has 0 radical (unpaired) electrons. The number of nitrogen functional groups attached to an aromatic ring is 1. The summed E-state index contributed by atoms with van der Waals surface area (Å²) in [6.45, 7) is 4.40. The molecule has 9 nitrogen and oxygen atoms in total. The Hall–Kier alpha value is -3.00. The van der Waals surface area contributed by atoms with Gasteiger partial charge in [0.1, 0.15) is 23.8 Å². The summed E-state index contributed by atoms with van der Waals surface area (Å²) in [5.41, 5.74) is 2.99. The van der Waals surface area contributed by atoms with Crippen molar-refractivity contribution < 1.29 is 27.0 Å². The SMILES string of the molecule is COC[C@H]1CC[C@@]2(COc3nc(N4CC5CCC(C4)N5)c4cc(Cl)c(-c5nc(N)cc(C)c5C(F)(F)F)c(F)c4n3)CCCN12. The van der Waals surface area contributed by atoms with Crippen molar-refractivity contribution in [3.8, 4) is 17.3 Å². The van der Waals surface area contributed by atoms with Gasteiger partial charge in [-0.25, -0.2) is 9.37 Å². The van der Waals surface area contributed by atoms with Crippen molar-refractivity contribution in [3.63, 3.8) is 0 Å². The molecule has 45 heavy (non-hydrogen) atoms. The first-order chi connectivity index (χ1) is 21.5. The van der Waals surface area contributed by atoms with E-state index in [0.717, 1.165) is 51.1 Å². The van der Waals surface area contributed by atoms with Crippen molar-refractivity contribution >= 4 is 34.1 Å². The molecule has 4 saturated heterocycles. The molecule has 4 aliphatic rings. The van der Waals surface area contributed by atoms with Gasteiger partial charge in [0.05, 0.1) is 34.0 Å². The zero-order valence-electron chi connectivity index (χ0n) is 25.2. The molecular weight excluding hydrogens is 614 g/mol. The van der Waals surface area contributed by atoms with Gasteiger partial charge in [0.15, 0.2) is 5.82 Å². The molecule has 3 aromatic rings. The smallest absolute Gasteiger partial charge is 0.418 e. The molecule has 2 bridgehead atoms. The Balaban J connectivity index is 1.35. The molecule has 4 atom stereocenters. The van der Waals surface area contributed by atoms with E-state index >= 15 is 4.39 Å². The summed E-state index contributed by atoms with van der Waals surface area (Å²) < 4.78 is 71.3. The second-order valence-corrected chi connectivity index (χ2v) is 13.3. The van der Waals surface area contributed by atoms with Crippen LogP contribution >= 0.6 is 11.6 Å². The predicted octanol–water partition coefficient (Wildman–Crippen LogP) is 5.36. The highest BCUT2D eigenvalue weighted by molar-refractivity contribution is 6.34. The average Bonchev–Trinajstić information content (AvgIpc) is 3.64. The summed E-state index contributed by atoms with van der Waals surface area (Å²) >= 11 is 6.62. The minimum Gasteiger partial charge on any atom is -0.461 e. The van der Waals surface area contributed by atoms with Gasteiger partial charge in [-0.2, -0.15) is 23.1 Å². The van der Waals surface area contributed by atoms with E-state index in [1.54, 1.807) is 7.11 Å². The van der Waals surface area contributed by atoms with Crippen LogP contribution < -0.4 is 20.7 Å². The molecule has 0 spiro atoms. The first-order valence-corrected chi connectivity index (χ1v) is 15.8. The van der Waals surface area contributed by atoms with E-state index < -0.39 is 28.8 Å². The number of ether oxygens (including phenoxy) is 2. The van der Waals surface area contributed by atoms with Gasteiger partial charge in [-0.05, 0) is 69.7 Å². The molecule has 0 amide bonds. The Bertz CT molecular complexity index is 1630. The summed E-state index contributed by atoms with van der Waals surface area (Å²) in [6, 6.07) is 3.30. The van der Waals surface area contributed by atoms with Gasteiger partial charge < -0.3 is 25.4 Å². The summed E-state index contributed by atoms with van der Waals surface area (Å²) in [5.74, 6) is -0.773. The fourth-order valence-corrected chi connectivity index (χ4v) is 8.35. The predicted molar refractivity (Wildman–Crippen MR) is 163 cm³/mol. The van der Waals surface area contributed by atoms with Crippen LogP contribution in [0.3, 0.4) is 0 Å². The molecule has 4 fully saturated rings. The summed E-state index contributed by atoms with van der Waals surface area (Å²) in [6.07, 6.45) is 1.07. The lowest BCUT2D eigenvalue weighted by molar-refractivity contribution is -0.137. The maximum absolute atomic E-state index is 16.7. The number of alkyl halides is 3. The van der Waals surface area contributed by atoms with Crippen LogP contribution in [-0.4, -0.2) is 83.5 Å². The van der Waals surface area contributed by atoms with Crippen molar-refractivity contribution in [1.29, 1.82) is 0 Å². The van der Waals surface area contributed by atoms with Gasteiger partial charge in [0.25, 0.3) is 0 Å². The number of aromatic nitrogens is 3. The quantitative estimate of drug-likeness (QED) is 0.328. The molecule has 1 aromatic carbocycles. The largest absolute Gasteiger partial charge is 0.461 e. The number of hydrogen-bond donors (Lipinski definition) is 2. The van der Waals surface area contributed by atoms with E-state index in [1.165, 1.54) is 13.0 Å². The van der Waals surface area contributed by atoms with Crippen molar-refractivity contribution in [2.45, 2.75) is 75.3 Å². The number of pyridine rings is 1. The van der Waals surface area contributed by atoms with Crippen molar-refractivity contribution in [3.05, 3.63) is 34.1 Å². The zero-order valence-corrected chi connectivity index (χ0v) is 25.9. The molecule has 2 unspecified atom stereocenters. The van der Waals surface area contributed by atoms with Crippen LogP contribution in [0.5, 0.6) is 6.01 Å². The van der Waals surface area contributed by atoms with Crippen LogP contribution in [0.1, 0.15) is 49.7 Å². The van der Waals surface area contributed by atoms with Gasteiger partial charge in [-0.1, -0.05) is 11.6 Å². The van der Waals surface area contributed by atoms with Crippen LogP contribution in [0.25, 0.3) is 22.2 Å². The highest BCUT2D eigenvalue weighted by atomic mass is 35.5. The fraction of sp³-hybridized carbons (Fsp3) is 0.581. The molecule has 0 aliphatic carbocycles. The number of anilines is 2. The van der Waals surface area contributed by atoms with Crippen LogP contribution in [0.15, 0.2) is 12.1 Å². The molecule has 14 heteroatoms. The number of aryl methyl sites for hydroxylation is 1. The molecule has 3 N–H and O–H groups in total. The number of benzene rings is 1. The van der Waals surface area contributed by atoms with Crippen molar-refractivity contribution in [2.24, 2.45) is 0 Å². The minimum atomic E-state index is -4.83. The zero-order chi connectivity index (χ0) is 31.7. The number of halogens is 5. The first kappa shape index (κ1) is 30.6. The van der Waals surface area contributed by atoms with Gasteiger partial charge in [0, 0.05) is 43.7 Å². The van der Waals surface area contributed by atoms with Crippen LogP contribution in [0.4, 0.5) is 29.2 Å². The van der Waals surface area contributed by atoms with Crippen LogP contribution in [0.2, 0.25) is 5.02 Å². The lowest BCUT2D eigenvalue weighted by atomic mass is 9.95. The Morgan fingerprint density at radius 1 is 1.11 bits per heavy atom. The normalized spacial score (nSPS) is 26.6. The van der Waals surface area contributed by atoms with Gasteiger partial charge in [-0.3, -0.25) is 4.90 Å². The summed E-state index contributed by atoms with van der Waals surface area (Å²) in [4.78, 5) is 17.7. The second-order valence-electron chi connectivity index (χ2n) is 12.9. The minimum absolute atomic E-state index is 0.0280. The lowest BCUT2D eigenvalue weighted by Crippen LogP contribution is -2.51. The third-order valence-corrected chi connectivity index (χ3v) is 10.3. The highest BCUT2D eigenvalue weighted by Gasteiger charge is 2.50. The van der Waals surface area contributed by atoms with E-state index in [9.17, 15) is 13.2 Å². The number of hydrogen-bond acceptors (Lipinski definition) is 9. The molecule has 6 heterocycles. The van der Waals surface area contributed by atoms with E-state index in [4.69, 9.17) is 31.8 Å². The molecule has 0 saturated carbocycles. The number of fused-ring (bicyclic) bond motifs is 4. The Labute approximate surface area is 263 Å². The number of nitrogens with one attached hydrogen (secondary N) is 1. The number of piperazine rings is 1. The topological polar surface area (TPSA) is 102 Å². The molecule has 2 aromatic heterocycles. The monoisotopic (exact) mass is 649 g/mol. The van der Waals surface area contributed by atoms with Gasteiger partial charge in [0.2, 0.25) is 0 Å². The molecule has 242 valence electrons. The van der Waals surface area contributed by atoms with Crippen LogP contribution in [-0.2, 0) is 10.9 Å². The highest BCUT2D eigenvalue weighted by Crippen LogP contribution is 2.46. The average molecular weight is 650 g/mol. The maximum atomic E-state index is 16.7. The molecular formula is C31H36ClF4N7O2. The second kappa shape index (κ2) is 11.4. The molecule has 7 rings (SSSR count). The Morgan fingerprint density at radius 2 is 1.87 bits per heavy atom. The van der Waals surface area contributed by atoms with Crippen molar-refractivity contribution in [2.75, 3.05) is 50.6 Å². The lowest BCUT2D eigenvalue weighted by Gasteiger charge is -2.35. The summed E-state index contributed by atoms with van der Waals surface area (Å²) in [7, 11) is 1.70. The Kier molecular flexibility index (Phi) is 7.73. The standard InChI is InChI=1S/C31H36ClF4N7O2/c1-16-10-22(37)39-27(24(16)31(34,35)36)23-21(32)11-20-26(25(23)33)40-29(41-28(20)42-12-17-4-5-18(13-42)38-17)45-15-30-7-3-9-43(30)19(6-8-30)14-44-2/h10-11,17-19,38H,3-9,12-15H2,1-2H3,(H2,37,39)/t17?,18?,19-,30-/m1/s1. The van der Waals surface area contributed by atoms with Gasteiger partial charge in [-0.15, -0.1) is 0 Å². The van der Waals surface area contributed by atoms with E-state index in [1.807, 2.05) is 0 Å². The van der Waals surface area contributed by atoms with E-state index in [2.05, 4.69) is 25.1 Å². The summed E-state index contributed by atoms with van der Waals surface area (Å²) in [5, 5.41) is 3.64. The molecule has 4 aliphatic heterocycles. The van der Waals surface area contributed by atoms with Gasteiger partial charge >= 0.3 is 12.2 Å². The number of nitrogens with two attached hydrogens (primary N) is 1. The van der Waals surface area contributed by atoms with E-state index in [-0.39, 0.29) is 45.6 Å². The third-order valence-electron chi connectivity index (χ3n) is 9.98. The number of methoxy groups -OCH3 is 1. The van der Waals surface area contributed by atoms with Crippen molar-refractivity contribution in [1.82, 2.24) is 25.2 Å². The maximum Gasteiger partial charge on any atom is 0.418 e. The first-order valence-electron chi connectivity index (χ1n) is 15.4. The van der Waals surface area contributed by atoms with Crippen LogP contribution in [0, 0.1) is 12.7 Å². The third kappa shape index (κ3) is 5.35. The fourth-order valence-electron chi connectivity index (χ4n) is 8.07. The Morgan fingerprint density at radius 3 is 2.58 bits per heavy atom. The van der Waals surface area contributed by atoms with E-state index in [0.29, 0.717) is 43.5 Å².